The number of ether oxygens (including phenoxy) is 1. The highest BCUT2D eigenvalue weighted by Gasteiger charge is 2.07. The normalized spacial score (nSPS) is 10.6. The molecule has 0 fully saturated rings. The van der Waals surface area contributed by atoms with Crippen LogP contribution in [0.15, 0.2) is 6.07 Å². The predicted molar refractivity (Wildman–Crippen MR) is 71.5 cm³/mol. The molecule has 4 nitrogen and oxygen atoms in total. The van der Waals surface area contributed by atoms with Gasteiger partial charge >= 0.3 is 0 Å². The van der Waals surface area contributed by atoms with Crippen LogP contribution in [-0.4, -0.2) is 31.8 Å². The van der Waals surface area contributed by atoms with Gasteiger partial charge in [0.05, 0.1) is 6.61 Å². The van der Waals surface area contributed by atoms with E-state index in [2.05, 4.69) is 35.5 Å². The van der Waals surface area contributed by atoms with E-state index >= 15 is 0 Å². The van der Waals surface area contributed by atoms with Gasteiger partial charge in [0.2, 0.25) is 0 Å². The Morgan fingerprint density at radius 1 is 1.35 bits per heavy atom. The van der Waals surface area contributed by atoms with Crippen LogP contribution in [0.25, 0.3) is 0 Å². The lowest BCUT2D eigenvalue weighted by atomic mass is 10.1. The molecule has 1 aromatic heterocycles. The molecule has 0 saturated carbocycles. The molecule has 0 aliphatic heterocycles. The van der Waals surface area contributed by atoms with Gasteiger partial charge in [-0.15, -0.1) is 0 Å². The Labute approximate surface area is 104 Å². The predicted octanol–water partition coefficient (Wildman–Crippen LogP) is 1.87. The van der Waals surface area contributed by atoms with Gasteiger partial charge < -0.3 is 15.4 Å². The van der Waals surface area contributed by atoms with Crippen molar-refractivity contribution >= 4 is 5.82 Å². The van der Waals surface area contributed by atoms with Crippen LogP contribution in [0.5, 0.6) is 0 Å². The summed E-state index contributed by atoms with van der Waals surface area (Å²) in [5.74, 6) is 0.973. The van der Waals surface area contributed by atoms with Crippen molar-refractivity contribution in [2.24, 2.45) is 0 Å². The van der Waals surface area contributed by atoms with Gasteiger partial charge in [-0.3, -0.25) is 0 Å². The molecule has 0 bridgehead atoms. The molecule has 0 saturated heterocycles. The summed E-state index contributed by atoms with van der Waals surface area (Å²) < 4.78 is 5.04. The minimum Gasteiger partial charge on any atom is -0.383 e. The van der Waals surface area contributed by atoms with E-state index in [0.717, 1.165) is 31.1 Å². The van der Waals surface area contributed by atoms with E-state index < -0.39 is 0 Å². The van der Waals surface area contributed by atoms with Crippen LogP contribution in [0.4, 0.5) is 5.82 Å². The molecule has 0 spiro atoms. The van der Waals surface area contributed by atoms with E-state index in [1.165, 1.54) is 11.1 Å². The maximum absolute atomic E-state index is 5.04. The fourth-order valence-corrected chi connectivity index (χ4v) is 1.75. The minimum absolute atomic E-state index is 0.690. The van der Waals surface area contributed by atoms with Crippen molar-refractivity contribution in [1.82, 2.24) is 10.3 Å². The number of hydrogen-bond acceptors (Lipinski definition) is 4. The lowest BCUT2D eigenvalue weighted by Gasteiger charge is -2.14. The fourth-order valence-electron chi connectivity index (χ4n) is 1.75. The van der Waals surface area contributed by atoms with Gasteiger partial charge in [-0.25, -0.2) is 4.98 Å². The first-order valence-electron chi connectivity index (χ1n) is 6.09. The fraction of sp³-hybridized carbons (Fsp3) is 0.615. The summed E-state index contributed by atoms with van der Waals surface area (Å²) in [6.07, 6.45) is 0. The van der Waals surface area contributed by atoms with Crippen molar-refractivity contribution in [2.45, 2.75) is 27.3 Å². The highest BCUT2D eigenvalue weighted by molar-refractivity contribution is 5.49. The molecular formula is C13H23N3O. The standard InChI is InChI=1S/C13H23N3O/c1-5-14-9-12-10(2)8-11(3)16-13(12)15-6-7-17-4/h8,14H,5-7,9H2,1-4H3,(H,15,16). The number of aromatic nitrogens is 1. The van der Waals surface area contributed by atoms with Crippen LogP contribution < -0.4 is 10.6 Å². The summed E-state index contributed by atoms with van der Waals surface area (Å²) in [4.78, 5) is 4.55. The van der Waals surface area contributed by atoms with Crippen molar-refractivity contribution < 1.29 is 4.74 Å². The smallest absolute Gasteiger partial charge is 0.131 e. The van der Waals surface area contributed by atoms with Crippen LogP contribution >= 0.6 is 0 Å². The maximum atomic E-state index is 5.04. The highest BCUT2D eigenvalue weighted by atomic mass is 16.5. The molecule has 2 N–H and O–H groups in total. The van der Waals surface area contributed by atoms with Crippen LogP contribution in [0.2, 0.25) is 0 Å². The third-order valence-electron chi connectivity index (χ3n) is 2.63. The molecule has 0 amide bonds. The van der Waals surface area contributed by atoms with Crippen molar-refractivity contribution in [1.29, 1.82) is 0 Å². The topological polar surface area (TPSA) is 46.2 Å². The Bertz CT molecular complexity index is 353. The van der Waals surface area contributed by atoms with Crippen molar-refractivity contribution in [3.63, 3.8) is 0 Å². The third kappa shape index (κ3) is 4.32. The molecular weight excluding hydrogens is 214 g/mol. The monoisotopic (exact) mass is 237 g/mol. The number of aryl methyl sites for hydroxylation is 2. The number of methoxy groups -OCH3 is 1. The zero-order chi connectivity index (χ0) is 12.7. The van der Waals surface area contributed by atoms with Crippen LogP contribution in [0.3, 0.4) is 0 Å². The average molecular weight is 237 g/mol. The maximum Gasteiger partial charge on any atom is 0.131 e. The Hall–Kier alpha value is -1.13. The molecule has 0 aliphatic rings. The van der Waals surface area contributed by atoms with Crippen LogP contribution in [0.1, 0.15) is 23.7 Å². The zero-order valence-electron chi connectivity index (χ0n) is 11.3. The molecule has 0 atom stereocenters. The lowest BCUT2D eigenvalue weighted by molar-refractivity contribution is 0.210. The number of pyridine rings is 1. The van der Waals surface area contributed by atoms with Gasteiger partial charge in [-0.2, -0.15) is 0 Å². The molecule has 0 aliphatic carbocycles. The number of nitrogens with zero attached hydrogens (tertiary/aromatic N) is 1. The average Bonchev–Trinajstić information content (AvgIpc) is 2.28. The first-order valence-corrected chi connectivity index (χ1v) is 6.09. The minimum atomic E-state index is 0.690. The van der Waals surface area contributed by atoms with Crippen molar-refractivity contribution in [3.8, 4) is 0 Å². The molecule has 1 rings (SSSR count). The number of hydrogen-bond donors (Lipinski definition) is 2. The quantitative estimate of drug-likeness (QED) is 0.711. The van der Waals surface area contributed by atoms with E-state index in [-0.39, 0.29) is 0 Å². The van der Waals surface area contributed by atoms with E-state index in [9.17, 15) is 0 Å². The summed E-state index contributed by atoms with van der Waals surface area (Å²) in [7, 11) is 1.70. The summed E-state index contributed by atoms with van der Waals surface area (Å²) in [6, 6.07) is 2.12. The van der Waals surface area contributed by atoms with Gasteiger partial charge in [0.25, 0.3) is 0 Å². The molecule has 4 heteroatoms. The Balaban J connectivity index is 2.82. The zero-order valence-corrected chi connectivity index (χ0v) is 11.3. The summed E-state index contributed by atoms with van der Waals surface area (Å²) in [5, 5.41) is 6.67. The van der Waals surface area contributed by atoms with Crippen molar-refractivity contribution in [2.75, 3.05) is 32.1 Å². The number of anilines is 1. The van der Waals surface area contributed by atoms with E-state index in [1.807, 2.05) is 6.92 Å². The molecule has 1 heterocycles. The molecule has 0 unspecified atom stereocenters. The molecule has 0 radical (unpaired) electrons. The lowest BCUT2D eigenvalue weighted by Crippen LogP contribution is -2.17. The summed E-state index contributed by atoms with van der Waals surface area (Å²) >= 11 is 0. The van der Waals surface area contributed by atoms with Gasteiger partial charge in [-0.1, -0.05) is 6.92 Å². The third-order valence-corrected chi connectivity index (χ3v) is 2.63. The SMILES string of the molecule is CCNCc1c(C)cc(C)nc1NCCOC. The first kappa shape index (κ1) is 13.9. The van der Waals surface area contributed by atoms with E-state index in [4.69, 9.17) is 4.74 Å². The van der Waals surface area contributed by atoms with Gasteiger partial charge in [-0.05, 0) is 32.0 Å². The second kappa shape index (κ2) is 7.25. The molecule has 0 aromatic carbocycles. The van der Waals surface area contributed by atoms with Crippen molar-refractivity contribution in [3.05, 3.63) is 22.9 Å². The number of rotatable bonds is 7. The largest absolute Gasteiger partial charge is 0.383 e. The first-order chi connectivity index (χ1) is 8.19. The Kier molecular flexibility index (Phi) is 5.94. The second-order valence-corrected chi connectivity index (χ2v) is 4.11. The number of nitrogens with one attached hydrogen (secondary N) is 2. The van der Waals surface area contributed by atoms with Gasteiger partial charge in [0, 0.05) is 31.5 Å². The Morgan fingerprint density at radius 3 is 2.76 bits per heavy atom. The summed E-state index contributed by atoms with van der Waals surface area (Å²) in [6.45, 7) is 9.54. The summed E-state index contributed by atoms with van der Waals surface area (Å²) in [5.41, 5.74) is 3.56. The van der Waals surface area contributed by atoms with E-state index in [0.29, 0.717) is 6.61 Å². The van der Waals surface area contributed by atoms with Gasteiger partial charge in [0.1, 0.15) is 5.82 Å². The van der Waals surface area contributed by atoms with Crippen LogP contribution in [-0.2, 0) is 11.3 Å². The van der Waals surface area contributed by atoms with Gasteiger partial charge in [0.15, 0.2) is 0 Å². The van der Waals surface area contributed by atoms with E-state index in [1.54, 1.807) is 7.11 Å². The molecule has 1 aromatic rings. The Morgan fingerprint density at radius 2 is 2.12 bits per heavy atom. The molecule has 17 heavy (non-hydrogen) atoms. The molecule has 96 valence electrons. The van der Waals surface area contributed by atoms with Crippen LogP contribution in [0, 0.1) is 13.8 Å². The second-order valence-electron chi connectivity index (χ2n) is 4.11. The highest BCUT2D eigenvalue weighted by Crippen LogP contribution is 2.18.